The average Bonchev–Trinajstić information content (AvgIpc) is 2.99. The molecule has 0 heterocycles. The zero-order valence-electron chi connectivity index (χ0n) is 12.0. The number of carbonyl (C=O) groups is 2. The Balaban J connectivity index is 1.87. The smallest absolute Gasteiger partial charge is 0.341 e. The molecule has 1 aliphatic rings. The highest BCUT2D eigenvalue weighted by Crippen LogP contribution is 2.21. The molecule has 1 N–H and O–H groups in total. The molecule has 0 radical (unpaired) electrons. The highest BCUT2D eigenvalue weighted by Gasteiger charge is 2.22. The number of hydrogen-bond acceptors (Lipinski definition) is 3. The number of carboxylic acid groups (broad SMARTS) is 1. The molecule has 0 bridgehead atoms. The number of hydrogen-bond donors (Lipinski definition) is 1. The van der Waals surface area contributed by atoms with E-state index in [0.29, 0.717) is 12.3 Å². The number of allylic oxidation sites excluding steroid dienone is 2. The summed E-state index contributed by atoms with van der Waals surface area (Å²) in [5.74, 6) is -0.260. The molecule has 0 unspecified atom stereocenters. The van der Waals surface area contributed by atoms with Crippen LogP contribution < -0.4 is 4.74 Å². The van der Waals surface area contributed by atoms with Gasteiger partial charge in [-0.05, 0) is 30.5 Å². The van der Waals surface area contributed by atoms with Crippen molar-refractivity contribution in [2.24, 2.45) is 5.92 Å². The van der Waals surface area contributed by atoms with Crippen molar-refractivity contribution < 1.29 is 19.4 Å². The van der Waals surface area contributed by atoms with Crippen LogP contribution in [0.1, 0.15) is 18.4 Å². The lowest BCUT2D eigenvalue weighted by molar-refractivity contribution is -0.139. The van der Waals surface area contributed by atoms with Gasteiger partial charge >= 0.3 is 5.97 Å². The van der Waals surface area contributed by atoms with Gasteiger partial charge in [0.1, 0.15) is 5.75 Å². The largest absolute Gasteiger partial charge is 0.482 e. The summed E-state index contributed by atoms with van der Waals surface area (Å²) in [6, 6.07) is 7.11. The number of rotatable bonds is 6. The van der Waals surface area contributed by atoms with Crippen molar-refractivity contribution in [3.05, 3.63) is 42.0 Å². The molecule has 0 saturated heterocycles. The lowest BCUT2D eigenvalue weighted by atomic mass is 10.1. The Kier molecular flexibility index (Phi) is 4.98. The minimum atomic E-state index is -1.01. The lowest BCUT2D eigenvalue weighted by Gasteiger charge is -2.21. The first-order valence-electron chi connectivity index (χ1n) is 6.90. The topological polar surface area (TPSA) is 66.8 Å². The van der Waals surface area contributed by atoms with Gasteiger partial charge in [-0.15, -0.1) is 0 Å². The molecule has 1 aromatic carbocycles. The summed E-state index contributed by atoms with van der Waals surface area (Å²) in [6.07, 6.45) is 5.74. The number of benzene rings is 1. The zero-order valence-corrected chi connectivity index (χ0v) is 12.0. The second-order valence-corrected chi connectivity index (χ2v) is 5.16. The van der Waals surface area contributed by atoms with Crippen LogP contribution in [0, 0.1) is 5.92 Å². The number of nitrogens with zero attached hydrogens (tertiary/aromatic N) is 1. The molecule has 2 rings (SSSR count). The van der Waals surface area contributed by atoms with Crippen molar-refractivity contribution in [3.8, 4) is 5.75 Å². The molecule has 0 saturated carbocycles. The molecule has 1 amide bonds. The van der Waals surface area contributed by atoms with Gasteiger partial charge in [-0.3, -0.25) is 4.79 Å². The molecule has 1 aliphatic carbocycles. The van der Waals surface area contributed by atoms with E-state index >= 15 is 0 Å². The monoisotopic (exact) mass is 289 g/mol. The minimum absolute atomic E-state index is 0.0770. The van der Waals surface area contributed by atoms with Crippen LogP contribution in [-0.2, 0) is 16.1 Å². The quantitative estimate of drug-likeness (QED) is 0.814. The van der Waals surface area contributed by atoms with Gasteiger partial charge < -0.3 is 14.7 Å². The Bertz CT molecular complexity index is 528. The Morgan fingerprint density at radius 2 is 1.86 bits per heavy atom. The van der Waals surface area contributed by atoms with Crippen LogP contribution in [0.15, 0.2) is 36.4 Å². The third-order valence-corrected chi connectivity index (χ3v) is 3.44. The normalized spacial score (nSPS) is 14.1. The number of aliphatic carboxylic acids is 1. The van der Waals surface area contributed by atoms with Crippen LogP contribution in [0.3, 0.4) is 0 Å². The first-order chi connectivity index (χ1) is 10.1. The van der Waals surface area contributed by atoms with Crippen LogP contribution in [0.5, 0.6) is 5.75 Å². The molecule has 0 spiro atoms. The molecule has 0 fully saturated rings. The van der Waals surface area contributed by atoms with E-state index in [0.717, 1.165) is 18.4 Å². The zero-order chi connectivity index (χ0) is 15.2. The number of carbonyl (C=O) groups excluding carboxylic acids is 1. The Morgan fingerprint density at radius 3 is 2.43 bits per heavy atom. The van der Waals surface area contributed by atoms with E-state index in [9.17, 15) is 9.59 Å². The molecule has 0 aliphatic heterocycles. The van der Waals surface area contributed by atoms with Crippen molar-refractivity contribution in [3.63, 3.8) is 0 Å². The molecule has 0 atom stereocenters. The molecule has 21 heavy (non-hydrogen) atoms. The predicted molar refractivity (Wildman–Crippen MR) is 77.9 cm³/mol. The first kappa shape index (κ1) is 15.1. The fraction of sp³-hybridized carbons (Fsp3) is 0.375. The van der Waals surface area contributed by atoms with E-state index in [1.54, 1.807) is 24.1 Å². The van der Waals surface area contributed by atoms with E-state index < -0.39 is 5.97 Å². The third-order valence-electron chi connectivity index (χ3n) is 3.44. The Morgan fingerprint density at radius 1 is 1.24 bits per heavy atom. The van der Waals surface area contributed by atoms with Crippen LogP contribution in [0.2, 0.25) is 0 Å². The summed E-state index contributed by atoms with van der Waals surface area (Å²) < 4.78 is 5.07. The van der Waals surface area contributed by atoms with Crippen molar-refractivity contribution in [2.45, 2.75) is 19.4 Å². The second-order valence-electron chi connectivity index (χ2n) is 5.16. The summed E-state index contributed by atoms with van der Waals surface area (Å²) >= 11 is 0. The molecule has 5 heteroatoms. The number of amides is 1. The van der Waals surface area contributed by atoms with Crippen molar-refractivity contribution >= 4 is 11.9 Å². The van der Waals surface area contributed by atoms with E-state index in [-0.39, 0.29) is 18.4 Å². The standard InChI is InChI=1S/C16H19NO4/c1-17(16(20)13-4-2-3-5-13)10-12-6-8-14(9-7-12)21-11-15(18)19/h2-3,6-9,13H,4-5,10-11H2,1H3,(H,18,19). The molecule has 0 aromatic heterocycles. The molecule has 1 aromatic rings. The van der Waals surface area contributed by atoms with Gasteiger partial charge in [0.15, 0.2) is 6.61 Å². The SMILES string of the molecule is CN(Cc1ccc(OCC(=O)O)cc1)C(=O)C1CC=CC1. The molecule has 112 valence electrons. The van der Waals surface area contributed by atoms with E-state index in [1.807, 2.05) is 24.3 Å². The maximum atomic E-state index is 12.2. The van der Waals surface area contributed by atoms with Crippen molar-refractivity contribution in [1.82, 2.24) is 4.90 Å². The lowest BCUT2D eigenvalue weighted by Crippen LogP contribution is -2.31. The summed E-state index contributed by atoms with van der Waals surface area (Å²) in [6.45, 7) is 0.182. The minimum Gasteiger partial charge on any atom is -0.482 e. The maximum absolute atomic E-state index is 12.2. The van der Waals surface area contributed by atoms with Crippen LogP contribution in [0.25, 0.3) is 0 Å². The van der Waals surface area contributed by atoms with Crippen LogP contribution in [0.4, 0.5) is 0 Å². The highest BCUT2D eigenvalue weighted by molar-refractivity contribution is 5.79. The average molecular weight is 289 g/mol. The van der Waals surface area contributed by atoms with E-state index in [2.05, 4.69) is 0 Å². The van der Waals surface area contributed by atoms with Gasteiger partial charge in [-0.2, -0.15) is 0 Å². The van der Waals surface area contributed by atoms with Crippen LogP contribution >= 0.6 is 0 Å². The summed E-state index contributed by atoms with van der Waals surface area (Å²) in [5, 5.41) is 8.54. The summed E-state index contributed by atoms with van der Waals surface area (Å²) in [4.78, 5) is 24.3. The van der Waals surface area contributed by atoms with Crippen molar-refractivity contribution in [1.29, 1.82) is 0 Å². The molecular weight excluding hydrogens is 270 g/mol. The number of carboxylic acids is 1. The molecule has 5 nitrogen and oxygen atoms in total. The molecular formula is C16H19NO4. The van der Waals surface area contributed by atoms with Crippen molar-refractivity contribution in [2.75, 3.05) is 13.7 Å². The van der Waals surface area contributed by atoms with E-state index in [1.165, 1.54) is 0 Å². The van der Waals surface area contributed by atoms with E-state index in [4.69, 9.17) is 9.84 Å². The second kappa shape index (κ2) is 6.92. The van der Waals surface area contributed by atoms with Gasteiger partial charge in [0.05, 0.1) is 0 Å². The fourth-order valence-electron chi connectivity index (χ4n) is 2.32. The van der Waals surface area contributed by atoms with Gasteiger partial charge in [0.2, 0.25) is 5.91 Å². The Hall–Kier alpha value is -2.30. The fourth-order valence-corrected chi connectivity index (χ4v) is 2.32. The summed E-state index contributed by atoms with van der Waals surface area (Å²) in [7, 11) is 1.80. The van der Waals surface area contributed by atoms with Gasteiger partial charge in [0.25, 0.3) is 0 Å². The maximum Gasteiger partial charge on any atom is 0.341 e. The van der Waals surface area contributed by atoms with Gasteiger partial charge in [-0.25, -0.2) is 4.79 Å². The predicted octanol–water partition coefficient (Wildman–Crippen LogP) is 2.07. The van der Waals surface area contributed by atoms with Crippen LogP contribution in [-0.4, -0.2) is 35.5 Å². The third kappa shape index (κ3) is 4.34. The highest BCUT2D eigenvalue weighted by atomic mass is 16.5. The number of ether oxygens (including phenoxy) is 1. The summed E-state index contributed by atoms with van der Waals surface area (Å²) in [5.41, 5.74) is 0.986. The Labute approximate surface area is 123 Å². The van der Waals surface area contributed by atoms with Gasteiger partial charge in [-0.1, -0.05) is 24.3 Å². The van der Waals surface area contributed by atoms with Gasteiger partial charge in [0, 0.05) is 19.5 Å². The first-order valence-corrected chi connectivity index (χ1v) is 6.90.